The molecule has 0 bridgehead atoms. The highest BCUT2D eigenvalue weighted by Gasteiger charge is 2.39. The summed E-state index contributed by atoms with van der Waals surface area (Å²) in [5.74, 6) is -1.91. The van der Waals surface area contributed by atoms with Crippen molar-refractivity contribution in [3.8, 4) is 0 Å². The number of alkyl halides is 3. The molecule has 126 valence electrons. The second-order valence-electron chi connectivity index (χ2n) is 4.76. The fourth-order valence-corrected chi connectivity index (χ4v) is 3.45. The summed E-state index contributed by atoms with van der Waals surface area (Å²) in [7, 11) is -3.93. The summed E-state index contributed by atoms with van der Waals surface area (Å²) in [5.41, 5.74) is 0.594. The van der Waals surface area contributed by atoms with Crippen molar-refractivity contribution in [2.45, 2.75) is 37.4 Å². The van der Waals surface area contributed by atoms with Gasteiger partial charge in [-0.3, -0.25) is 0 Å². The van der Waals surface area contributed by atoms with Gasteiger partial charge in [0.25, 0.3) is 0 Å². The standard InChI is InChI=1S/C13H14F3N3O3S/c1-3-9-6-4-5-7-10(9)23(20,21)19-8(2)11-17-12(22-18-11)13(14,15)16/h4-8,19H,3H2,1-2H3. The Morgan fingerprint density at radius 2 is 1.96 bits per heavy atom. The van der Waals surface area contributed by atoms with E-state index in [4.69, 9.17) is 0 Å². The molecule has 0 aliphatic heterocycles. The molecule has 0 saturated heterocycles. The number of aromatic nitrogens is 2. The van der Waals surface area contributed by atoms with Crippen molar-refractivity contribution in [3.05, 3.63) is 41.5 Å². The van der Waals surface area contributed by atoms with Gasteiger partial charge < -0.3 is 4.52 Å². The smallest absolute Gasteiger partial charge is 0.329 e. The maximum Gasteiger partial charge on any atom is 0.471 e. The Kier molecular flexibility index (Phi) is 4.76. The highest BCUT2D eigenvalue weighted by Crippen LogP contribution is 2.28. The molecule has 1 unspecified atom stereocenters. The molecule has 1 heterocycles. The van der Waals surface area contributed by atoms with Crippen molar-refractivity contribution in [2.24, 2.45) is 0 Å². The highest BCUT2D eigenvalue weighted by atomic mass is 32.2. The maximum absolute atomic E-state index is 12.4. The lowest BCUT2D eigenvalue weighted by Crippen LogP contribution is -2.28. The molecule has 0 aliphatic rings. The maximum atomic E-state index is 12.4. The summed E-state index contributed by atoms with van der Waals surface area (Å²) in [6, 6.07) is 5.27. The molecule has 0 saturated carbocycles. The van der Waals surface area contributed by atoms with Crippen LogP contribution in [0.15, 0.2) is 33.7 Å². The van der Waals surface area contributed by atoms with Crippen molar-refractivity contribution in [3.63, 3.8) is 0 Å². The van der Waals surface area contributed by atoms with Crippen LogP contribution < -0.4 is 4.72 Å². The first-order valence-electron chi connectivity index (χ1n) is 6.66. The Morgan fingerprint density at radius 1 is 1.30 bits per heavy atom. The molecular weight excluding hydrogens is 335 g/mol. The Labute approximate surface area is 130 Å². The van der Waals surface area contributed by atoms with Crippen LogP contribution >= 0.6 is 0 Å². The molecular formula is C13H14F3N3O3S. The topological polar surface area (TPSA) is 85.1 Å². The number of nitrogens with one attached hydrogen (secondary N) is 1. The molecule has 0 radical (unpaired) electrons. The normalized spacial score (nSPS) is 14.0. The first-order valence-corrected chi connectivity index (χ1v) is 8.14. The Hall–Kier alpha value is -1.94. The van der Waals surface area contributed by atoms with Crippen LogP contribution in [0, 0.1) is 0 Å². The van der Waals surface area contributed by atoms with Gasteiger partial charge >= 0.3 is 12.1 Å². The minimum absolute atomic E-state index is 0.0638. The molecule has 0 spiro atoms. The highest BCUT2D eigenvalue weighted by molar-refractivity contribution is 7.89. The van der Waals surface area contributed by atoms with Crippen LogP contribution in [0.2, 0.25) is 0 Å². The molecule has 0 aliphatic carbocycles. The van der Waals surface area contributed by atoms with Crippen molar-refractivity contribution < 1.29 is 26.1 Å². The van der Waals surface area contributed by atoms with Crippen molar-refractivity contribution in [1.29, 1.82) is 0 Å². The van der Waals surface area contributed by atoms with Gasteiger partial charge in [0.05, 0.1) is 10.9 Å². The third kappa shape index (κ3) is 3.88. The van der Waals surface area contributed by atoms with E-state index in [2.05, 4.69) is 19.4 Å². The number of hydrogen-bond acceptors (Lipinski definition) is 5. The lowest BCUT2D eigenvalue weighted by molar-refractivity contribution is -0.159. The number of hydrogen-bond donors (Lipinski definition) is 1. The van der Waals surface area contributed by atoms with Crippen molar-refractivity contribution in [1.82, 2.24) is 14.9 Å². The van der Waals surface area contributed by atoms with Gasteiger partial charge in [-0.25, -0.2) is 13.1 Å². The predicted octanol–water partition coefficient (Wildman–Crippen LogP) is 2.69. The average molecular weight is 349 g/mol. The van der Waals surface area contributed by atoms with E-state index in [0.29, 0.717) is 12.0 Å². The van der Waals surface area contributed by atoms with Gasteiger partial charge in [0.15, 0.2) is 5.82 Å². The summed E-state index contributed by atoms with van der Waals surface area (Å²) in [6.07, 6.45) is -4.29. The molecule has 0 amide bonds. The zero-order valence-corrected chi connectivity index (χ0v) is 13.1. The molecule has 1 atom stereocenters. The van der Waals surface area contributed by atoms with Crippen LogP contribution in [-0.2, 0) is 22.6 Å². The fourth-order valence-electron chi connectivity index (χ4n) is 1.93. The Bertz CT molecular complexity index is 787. The van der Waals surface area contributed by atoms with Gasteiger partial charge in [0, 0.05) is 0 Å². The fraction of sp³-hybridized carbons (Fsp3) is 0.385. The van der Waals surface area contributed by atoms with Gasteiger partial charge in [-0.05, 0) is 25.0 Å². The summed E-state index contributed by atoms with van der Waals surface area (Å²) >= 11 is 0. The number of nitrogens with zero attached hydrogens (tertiary/aromatic N) is 2. The molecule has 6 nitrogen and oxygen atoms in total. The van der Waals surface area contributed by atoms with Gasteiger partial charge in [-0.15, -0.1) is 0 Å². The minimum atomic E-state index is -4.78. The third-order valence-electron chi connectivity index (χ3n) is 3.05. The lowest BCUT2D eigenvalue weighted by atomic mass is 10.2. The van der Waals surface area contributed by atoms with E-state index >= 15 is 0 Å². The molecule has 1 N–H and O–H groups in total. The molecule has 23 heavy (non-hydrogen) atoms. The number of halogens is 3. The molecule has 2 aromatic rings. The van der Waals surface area contributed by atoms with Crippen LogP contribution in [0.4, 0.5) is 13.2 Å². The van der Waals surface area contributed by atoms with Crippen molar-refractivity contribution in [2.75, 3.05) is 0 Å². The van der Waals surface area contributed by atoms with Gasteiger partial charge in [-0.2, -0.15) is 18.2 Å². The Balaban J connectivity index is 2.25. The van der Waals surface area contributed by atoms with Crippen molar-refractivity contribution >= 4 is 10.0 Å². The summed E-state index contributed by atoms with van der Waals surface area (Å²) in [6.45, 7) is 3.13. The zero-order valence-electron chi connectivity index (χ0n) is 12.3. The largest absolute Gasteiger partial charge is 0.471 e. The summed E-state index contributed by atoms with van der Waals surface area (Å²) < 4.78 is 68.4. The van der Waals surface area contributed by atoms with Crippen LogP contribution in [-0.4, -0.2) is 18.6 Å². The van der Waals surface area contributed by atoms with E-state index in [9.17, 15) is 21.6 Å². The lowest BCUT2D eigenvalue weighted by Gasteiger charge is -2.13. The molecule has 10 heteroatoms. The van der Waals surface area contributed by atoms with Gasteiger partial charge in [-0.1, -0.05) is 30.3 Å². The number of aryl methyl sites for hydroxylation is 1. The molecule has 1 aromatic carbocycles. The van der Waals surface area contributed by atoms with Gasteiger partial charge in [0.1, 0.15) is 0 Å². The quantitative estimate of drug-likeness (QED) is 0.897. The van der Waals surface area contributed by atoms with E-state index in [-0.39, 0.29) is 4.90 Å². The monoisotopic (exact) mass is 349 g/mol. The van der Waals surface area contributed by atoms with Crippen LogP contribution in [0.1, 0.15) is 37.2 Å². The number of sulfonamides is 1. The summed E-state index contributed by atoms with van der Waals surface area (Å²) in [5, 5.41) is 3.17. The second kappa shape index (κ2) is 6.28. The SMILES string of the molecule is CCc1ccccc1S(=O)(=O)NC(C)c1noc(C(F)(F)F)n1. The molecule has 1 aromatic heterocycles. The zero-order chi connectivity index (χ0) is 17.3. The first-order chi connectivity index (χ1) is 10.6. The third-order valence-corrected chi connectivity index (χ3v) is 4.69. The van der Waals surface area contributed by atoms with Crippen LogP contribution in [0.5, 0.6) is 0 Å². The minimum Gasteiger partial charge on any atom is -0.329 e. The Morgan fingerprint density at radius 3 is 2.52 bits per heavy atom. The molecule has 2 rings (SSSR count). The second-order valence-corrected chi connectivity index (χ2v) is 6.44. The molecule has 0 fully saturated rings. The number of rotatable bonds is 5. The predicted molar refractivity (Wildman–Crippen MR) is 73.9 cm³/mol. The van der Waals surface area contributed by atoms with Gasteiger partial charge in [0.2, 0.25) is 10.0 Å². The van der Waals surface area contributed by atoms with E-state index in [1.165, 1.54) is 13.0 Å². The number of benzene rings is 1. The summed E-state index contributed by atoms with van der Waals surface area (Å²) in [4.78, 5) is 3.24. The van der Waals surface area contributed by atoms with E-state index in [1.807, 2.05) is 0 Å². The first kappa shape index (κ1) is 17.4. The van der Waals surface area contributed by atoms with Crippen LogP contribution in [0.3, 0.4) is 0 Å². The van der Waals surface area contributed by atoms with E-state index < -0.39 is 34.0 Å². The van der Waals surface area contributed by atoms with Crippen LogP contribution in [0.25, 0.3) is 0 Å². The van der Waals surface area contributed by atoms with E-state index in [0.717, 1.165) is 0 Å². The average Bonchev–Trinajstić information content (AvgIpc) is 2.97. The van der Waals surface area contributed by atoms with E-state index in [1.54, 1.807) is 25.1 Å².